The Hall–Kier alpha value is -0.770. The Balaban J connectivity index is 2.60. The highest BCUT2D eigenvalue weighted by molar-refractivity contribution is 5.71. The number of aliphatic hydroxyl groups is 4. The monoisotopic (exact) mass is 237 g/mol. The SMILES string of the molecule is CC(=O)NO[C@@H]1[C@@H](O)[C@H](O)[C@@H](CO)O[C@H]1O. The summed E-state index contributed by atoms with van der Waals surface area (Å²) >= 11 is 0. The van der Waals surface area contributed by atoms with E-state index in [1.807, 2.05) is 5.48 Å². The van der Waals surface area contributed by atoms with E-state index in [1.54, 1.807) is 0 Å². The number of hydroxylamine groups is 1. The predicted octanol–water partition coefficient (Wildman–Crippen LogP) is -3.15. The number of aliphatic hydroxyl groups excluding tert-OH is 4. The number of nitrogens with one attached hydrogen (secondary N) is 1. The smallest absolute Gasteiger partial charge is 0.240 e. The van der Waals surface area contributed by atoms with Crippen LogP contribution in [0.25, 0.3) is 0 Å². The molecule has 1 fully saturated rings. The van der Waals surface area contributed by atoms with E-state index < -0.39 is 43.2 Å². The average Bonchev–Trinajstić information content (AvgIpc) is 2.22. The van der Waals surface area contributed by atoms with E-state index in [9.17, 15) is 20.1 Å². The number of hydrogen-bond acceptors (Lipinski definition) is 7. The highest BCUT2D eigenvalue weighted by Gasteiger charge is 2.44. The van der Waals surface area contributed by atoms with Gasteiger partial charge in [0, 0.05) is 6.92 Å². The minimum atomic E-state index is -1.55. The zero-order valence-electron chi connectivity index (χ0n) is 8.61. The van der Waals surface area contributed by atoms with E-state index in [0.717, 1.165) is 0 Å². The van der Waals surface area contributed by atoms with E-state index in [1.165, 1.54) is 6.92 Å². The van der Waals surface area contributed by atoms with Crippen molar-refractivity contribution in [3.05, 3.63) is 0 Å². The van der Waals surface area contributed by atoms with Crippen LogP contribution in [-0.2, 0) is 14.4 Å². The molecule has 1 rings (SSSR count). The van der Waals surface area contributed by atoms with Crippen LogP contribution in [0, 0.1) is 0 Å². The molecule has 0 aromatic heterocycles. The van der Waals surface area contributed by atoms with Crippen molar-refractivity contribution in [3.8, 4) is 0 Å². The van der Waals surface area contributed by atoms with E-state index in [0.29, 0.717) is 0 Å². The lowest BCUT2D eigenvalue weighted by Gasteiger charge is -2.39. The Bertz CT molecular complexity index is 249. The summed E-state index contributed by atoms with van der Waals surface area (Å²) in [6.07, 6.45) is -6.86. The Labute approximate surface area is 91.4 Å². The lowest BCUT2D eigenvalue weighted by molar-refractivity contribution is -0.304. The van der Waals surface area contributed by atoms with Crippen molar-refractivity contribution in [1.82, 2.24) is 5.48 Å². The molecule has 16 heavy (non-hydrogen) atoms. The van der Waals surface area contributed by atoms with Gasteiger partial charge >= 0.3 is 0 Å². The fraction of sp³-hybridized carbons (Fsp3) is 0.875. The summed E-state index contributed by atoms with van der Waals surface area (Å²) in [5, 5.41) is 37.2. The molecule has 1 aliphatic rings. The molecule has 0 unspecified atom stereocenters. The predicted molar refractivity (Wildman–Crippen MR) is 48.7 cm³/mol. The van der Waals surface area contributed by atoms with Crippen LogP contribution in [0.4, 0.5) is 0 Å². The molecular formula is C8H15NO7. The zero-order valence-corrected chi connectivity index (χ0v) is 8.61. The van der Waals surface area contributed by atoms with Gasteiger partial charge in [0.25, 0.3) is 0 Å². The van der Waals surface area contributed by atoms with Crippen molar-refractivity contribution in [2.75, 3.05) is 6.61 Å². The average molecular weight is 237 g/mol. The standard InChI is InChI=1S/C8H15NO7/c1-3(11)9-16-7-6(13)5(12)4(2-10)15-8(7)14/h4-8,10,12-14H,2H2,1H3,(H,9,11)/t4-,5-,6+,7-,8-/m1/s1. The summed E-state index contributed by atoms with van der Waals surface area (Å²) in [6.45, 7) is 0.623. The highest BCUT2D eigenvalue weighted by atomic mass is 16.7. The molecule has 5 atom stereocenters. The summed E-state index contributed by atoms with van der Waals surface area (Å²) < 4.78 is 4.78. The van der Waals surface area contributed by atoms with Crippen LogP contribution in [0.15, 0.2) is 0 Å². The van der Waals surface area contributed by atoms with Gasteiger partial charge in [0.15, 0.2) is 12.4 Å². The summed E-state index contributed by atoms with van der Waals surface area (Å²) in [5.41, 5.74) is 1.92. The molecule has 94 valence electrons. The number of ether oxygens (including phenoxy) is 1. The summed E-state index contributed by atoms with van der Waals surface area (Å²) in [4.78, 5) is 15.2. The van der Waals surface area contributed by atoms with Crippen LogP contribution < -0.4 is 5.48 Å². The summed E-state index contributed by atoms with van der Waals surface area (Å²) in [5.74, 6) is -0.529. The van der Waals surface area contributed by atoms with E-state index in [-0.39, 0.29) is 0 Å². The molecule has 8 heteroatoms. The molecule has 0 aromatic rings. The van der Waals surface area contributed by atoms with Crippen LogP contribution in [0.5, 0.6) is 0 Å². The lowest BCUT2D eigenvalue weighted by Crippen LogP contribution is -2.60. The third-order valence-electron chi connectivity index (χ3n) is 2.18. The van der Waals surface area contributed by atoms with Gasteiger partial charge in [-0.1, -0.05) is 0 Å². The molecule has 1 saturated heterocycles. The van der Waals surface area contributed by atoms with Crippen molar-refractivity contribution in [2.24, 2.45) is 0 Å². The molecule has 1 aliphatic heterocycles. The van der Waals surface area contributed by atoms with Crippen LogP contribution in [-0.4, -0.2) is 63.6 Å². The van der Waals surface area contributed by atoms with Gasteiger partial charge in [-0.3, -0.25) is 9.63 Å². The van der Waals surface area contributed by atoms with Crippen LogP contribution >= 0.6 is 0 Å². The molecule has 1 amide bonds. The van der Waals surface area contributed by atoms with Gasteiger partial charge in [0.2, 0.25) is 5.91 Å². The molecule has 0 radical (unpaired) electrons. The van der Waals surface area contributed by atoms with Gasteiger partial charge in [-0.15, -0.1) is 0 Å². The number of rotatable bonds is 3. The Morgan fingerprint density at radius 2 is 2.00 bits per heavy atom. The summed E-state index contributed by atoms with van der Waals surface area (Å²) in [6, 6.07) is 0. The maximum atomic E-state index is 10.6. The Morgan fingerprint density at radius 3 is 2.50 bits per heavy atom. The zero-order chi connectivity index (χ0) is 12.3. The van der Waals surface area contributed by atoms with Crippen molar-refractivity contribution in [3.63, 3.8) is 0 Å². The molecule has 0 spiro atoms. The van der Waals surface area contributed by atoms with E-state index in [4.69, 9.17) is 9.84 Å². The topological polar surface area (TPSA) is 128 Å². The lowest BCUT2D eigenvalue weighted by atomic mass is 9.99. The molecule has 1 heterocycles. The van der Waals surface area contributed by atoms with Gasteiger partial charge in [-0.2, -0.15) is 0 Å². The first-order valence-corrected chi connectivity index (χ1v) is 4.70. The van der Waals surface area contributed by atoms with Crippen LogP contribution in [0.1, 0.15) is 6.92 Å². The second kappa shape index (κ2) is 5.53. The number of carbonyl (C=O) groups is 1. The van der Waals surface area contributed by atoms with Gasteiger partial charge in [-0.05, 0) is 0 Å². The minimum absolute atomic E-state index is 0.529. The Morgan fingerprint density at radius 1 is 1.38 bits per heavy atom. The third-order valence-corrected chi connectivity index (χ3v) is 2.18. The van der Waals surface area contributed by atoms with Gasteiger partial charge in [-0.25, -0.2) is 5.48 Å². The van der Waals surface area contributed by atoms with Gasteiger partial charge in [0.05, 0.1) is 6.61 Å². The van der Waals surface area contributed by atoms with Crippen molar-refractivity contribution in [1.29, 1.82) is 0 Å². The van der Waals surface area contributed by atoms with Crippen LogP contribution in [0.3, 0.4) is 0 Å². The highest BCUT2D eigenvalue weighted by Crippen LogP contribution is 2.21. The first-order chi connectivity index (χ1) is 7.47. The Kier molecular flexibility index (Phi) is 4.59. The van der Waals surface area contributed by atoms with Gasteiger partial charge in [0.1, 0.15) is 18.3 Å². The van der Waals surface area contributed by atoms with Gasteiger partial charge < -0.3 is 25.2 Å². The van der Waals surface area contributed by atoms with E-state index >= 15 is 0 Å². The quantitative estimate of drug-likeness (QED) is 0.328. The second-order valence-electron chi connectivity index (χ2n) is 3.47. The molecule has 0 bridgehead atoms. The fourth-order valence-corrected chi connectivity index (χ4v) is 1.35. The molecule has 5 N–H and O–H groups in total. The number of carbonyl (C=O) groups excluding carboxylic acids is 1. The number of hydrogen-bond donors (Lipinski definition) is 5. The maximum absolute atomic E-state index is 10.6. The maximum Gasteiger partial charge on any atom is 0.240 e. The summed E-state index contributed by atoms with van der Waals surface area (Å²) in [7, 11) is 0. The third kappa shape index (κ3) is 2.88. The minimum Gasteiger partial charge on any atom is -0.394 e. The van der Waals surface area contributed by atoms with Crippen molar-refractivity contribution in [2.45, 2.75) is 37.6 Å². The normalized spacial score (nSPS) is 39.4. The largest absolute Gasteiger partial charge is 0.394 e. The molecule has 0 aliphatic carbocycles. The van der Waals surface area contributed by atoms with Crippen molar-refractivity contribution >= 4 is 5.91 Å². The van der Waals surface area contributed by atoms with Crippen LogP contribution in [0.2, 0.25) is 0 Å². The molecule has 0 saturated carbocycles. The molecule has 0 aromatic carbocycles. The second-order valence-corrected chi connectivity index (χ2v) is 3.47. The fourth-order valence-electron chi connectivity index (χ4n) is 1.35. The first-order valence-electron chi connectivity index (χ1n) is 4.70. The molecular weight excluding hydrogens is 222 g/mol. The van der Waals surface area contributed by atoms with Crippen molar-refractivity contribution < 1.29 is 34.8 Å². The first kappa shape index (κ1) is 13.3. The number of amides is 1. The molecule has 8 nitrogen and oxygen atoms in total. The van der Waals surface area contributed by atoms with E-state index in [2.05, 4.69) is 4.84 Å².